The molecule has 1 aromatic carbocycles. The normalized spacial score (nSPS) is 27.2. The summed E-state index contributed by atoms with van der Waals surface area (Å²) in [4.78, 5) is 1.79. The van der Waals surface area contributed by atoms with Crippen molar-refractivity contribution in [2.24, 2.45) is 0 Å². The molecule has 6 nitrogen and oxygen atoms in total. The molecular weight excluding hydrogens is 377 g/mol. The summed E-state index contributed by atoms with van der Waals surface area (Å²) < 4.78 is 19.5. The molecule has 0 aliphatic carbocycles. The number of likely N-dealkylation sites (tertiary alicyclic amines) is 1. The second-order valence-electron chi connectivity index (χ2n) is 8.38. The molecule has 0 amide bonds. The number of hydrogen-bond acceptors (Lipinski definition) is 6. The second kappa shape index (κ2) is 11.9. The summed E-state index contributed by atoms with van der Waals surface area (Å²) >= 11 is 0. The molecule has 0 aromatic heterocycles. The molecule has 166 valence electrons. The van der Waals surface area contributed by atoms with E-state index in [0.717, 1.165) is 5.56 Å². The van der Waals surface area contributed by atoms with Crippen molar-refractivity contribution in [2.75, 3.05) is 26.2 Å². The number of benzene rings is 1. The predicted molar refractivity (Wildman–Crippen MR) is 109 cm³/mol. The quantitative estimate of drug-likeness (QED) is 0.436. The molecule has 0 bridgehead atoms. The van der Waals surface area contributed by atoms with Crippen molar-refractivity contribution in [3.8, 4) is 0 Å². The first kappa shape index (κ1) is 24.2. The lowest BCUT2D eigenvalue weighted by molar-refractivity contribution is -0.0894. The van der Waals surface area contributed by atoms with E-state index in [9.17, 15) is 24.8 Å². The number of ether oxygens (including phenoxy) is 1. The Morgan fingerprint density at radius 3 is 2.14 bits per heavy atom. The summed E-state index contributed by atoms with van der Waals surface area (Å²) in [7, 11) is 0. The highest BCUT2D eigenvalue weighted by Gasteiger charge is 2.35. The lowest BCUT2D eigenvalue weighted by atomic mass is 10.0. The van der Waals surface area contributed by atoms with Gasteiger partial charge < -0.3 is 25.2 Å². The number of nitrogens with zero attached hydrogens (tertiary/aromatic N) is 1. The van der Waals surface area contributed by atoms with Gasteiger partial charge in [-0.25, -0.2) is 4.39 Å². The summed E-state index contributed by atoms with van der Waals surface area (Å²) in [6, 6.07) is 8.18. The molecule has 1 heterocycles. The Hall–Kier alpha value is -1.09. The van der Waals surface area contributed by atoms with Gasteiger partial charge in [0.25, 0.3) is 0 Å². The van der Waals surface area contributed by atoms with E-state index in [-0.39, 0.29) is 19.7 Å². The fourth-order valence-corrected chi connectivity index (χ4v) is 3.55. The summed E-state index contributed by atoms with van der Waals surface area (Å²) in [5, 5.41) is 39.1. The van der Waals surface area contributed by atoms with Gasteiger partial charge in [-0.05, 0) is 42.9 Å². The van der Waals surface area contributed by atoms with Gasteiger partial charge in [0.15, 0.2) is 0 Å². The third kappa shape index (κ3) is 7.92. The highest BCUT2D eigenvalue weighted by molar-refractivity contribution is 5.24. The van der Waals surface area contributed by atoms with Crippen molar-refractivity contribution in [2.45, 2.75) is 76.2 Å². The minimum Gasteiger partial charge on any atom is -0.389 e. The van der Waals surface area contributed by atoms with Crippen molar-refractivity contribution in [3.05, 3.63) is 35.4 Å². The minimum absolute atomic E-state index is 0.0610. The van der Waals surface area contributed by atoms with Crippen LogP contribution in [0, 0.1) is 0 Å². The van der Waals surface area contributed by atoms with E-state index in [0.29, 0.717) is 38.3 Å². The molecule has 29 heavy (non-hydrogen) atoms. The number of rotatable bonds is 10. The van der Waals surface area contributed by atoms with Crippen LogP contribution in [-0.2, 0) is 11.3 Å². The number of aliphatic hydroxyl groups is 4. The molecule has 5 atom stereocenters. The molecule has 2 rings (SSSR count). The van der Waals surface area contributed by atoms with E-state index in [2.05, 4.69) is 26.0 Å². The molecule has 0 saturated carbocycles. The van der Waals surface area contributed by atoms with E-state index in [1.54, 1.807) is 4.90 Å². The second-order valence-corrected chi connectivity index (χ2v) is 8.38. The molecule has 4 N–H and O–H groups in total. The van der Waals surface area contributed by atoms with Gasteiger partial charge in [0.1, 0.15) is 18.4 Å². The molecule has 1 unspecified atom stereocenters. The van der Waals surface area contributed by atoms with Crippen LogP contribution in [-0.4, -0.2) is 82.2 Å². The Morgan fingerprint density at radius 2 is 1.59 bits per heavy atom. The van der Waals surface area contributed by atoms with Crippen LogP contribution in [0.4, 0.5) is 4.39 Å². The molecule has 1 aromatic rings. The van der Waals surface area contributed by atoms with Gasteiger partial charge >= 0.3 is 0 Å². The van der Waals surface area contributed by atoms with Crippen LogP contribution in [0.1, 0.15) is 50.2 Å². The minimum atomic E-state index is -1.36. The summed E-state index contributed by atoms with van der Waals surface area (Å²) in [5.74, 6) is 0.483. The van der Waals surface area contributed by atoms with Crippen LogP contribution in [0.5, 0.6) is 0 Å². The van der Waals surface area contributed by atoms with Crippen LogP contribution in [0.2, 0.25) is 0 Å². The van der Waals surface area contributed by atoms with Gasteiger partial charge in [0, 0.05) is 13.1 Å². The smallest absolute Gasteiger partial charge is 0.123 e. The monoisotopic (exact) mass is 413 g/mol. The number of unbranched alkanes of at least 4 members (excludes halogenated alkanes) is 1. The third-order valence-corrected chi connectivity index (χ3v) is 5.48. The average molecular weight is 414 g/mol. The maximum Gasteiger partial charge on any atom is 0.123 e. The van der Waals surface area contributed by atoms with Crippen molar-refractivity contribution in [1.82, 2.24) is 4.90 Å². The van der Waals surface area contributed by atoms with Crippen molar-refractivity contribution in [1.29, 1.82) is 0 Å². The van der Waals surface area contributed by atoms with Crippen LogP contribution in [0.15, 0.2) is 24.3 Å². The largest absolute Gasteiger partial charge is 0.389 e. The van der Waals surface area contributed by atoms with E-state index < -0.39 is 30.6 Å². The summed E-state index contributed by atoms with van der Waals surface area (Å²) in [6.45, 7) is 5.65. The Kier molecular flexibility index (Phi) is 9.95. The number of β-amino-alcohol motifs (C(OH)–C–C–N with tert-alkyl or cyclic N) is 2. The molecule has 0 spiro atoms. The molecular formula is C22H36FNO5. The van der Waals surface area contributed by atoms with Gasteiger partial charge in [0.05, 0.1) is 25.4 Å². The third-order valence-electron chi connectivity index (χ3n) is 5.48. The van der Waals surface area contributed by atoms with Gasteiger partial charge in [-0.3, -0.25) is 4.90 Å². The molecule has 1 saturated heterocycles. The van der Waals surface area contributed by atoms with Gasteiger partial charge in [0.2, 0.25) is 0 Å². The Bertz CT molecular complexity index is 569. The first-order chi connectivity index (χ1) is 13.8. The molecule has 1 aliphatic rings. The molecule has 1 fully saturated rings. The maximum absolute atomic E-state index is 14.0. The van der Waals surface area contributed by atoms with Crippen molar-refractivity contribution < 1.29 is 29.6 Å². The fourth-order valence-electron chi connectivity index (χ4n) is 3.55. The van der Waals surface area contributed by atoms with E-state index in [1.807, 2.05) is 12.1 Å². The van der Waals surface area contributed by atoms with Crippen LogP contribution >= 0.6 is 0 Å². The lowest BCUT2D eigenvalue weighted by Crippen LogP contribution is -2.43. The van der Waals surface area contributed by atoms with Crippen LogP contribution in [0.3, 0.4) is 0 Å². The first-order valence-corrected chi connectivity index (χ1v) is 10.5. The fraction of sp³-hybridized carbons (Fsp3) is 0.727. The van der Waals surface area contributed by atoms with Crippen LogP contribution in [0.25, 0.3) is 0 Å². The number of aliphatic hydroxyl groups excluding tert-OH is 4. The van der Waals surface area contributed by atoms with Crippen molar-refractivity contribution >= 4 is 0 Å². The molecule has 1 aliphatic heterocycles. The summed E-state index contributed by atoms with van der Waals surface area (Å²) in [5.41, 5.74) is 2.30. The number of halogens is 1. The number of hydrogen-bond donors (Lipinski definition) is 4. The van der Waals surface area contributed by atoms with Gasteiger partial charge in [-0.15, -0.1) is 0 Å². The Labute approximate surface area is 172 Å². The Balaban J connectivity index is 1.60. The zero-order chi connectivity index (χ0) is 21.4. The van der Waals surface area contributed by atoms with E-state index >= 15 is 0 Å². The maximum atomic E-state index is 14.0. The van der Waals surface area contributed by atoms with Gasteiger partial charge in [-0.1, -0.05) is 38.1 Å². The van der Waals surface area contributed by atoms with E-state index in [4.69, 9.17) is 4.74 Å². The predicted octanol–water partition coefficient (Wildman–Crippen LogP) is 1.59. The summed E-state index contributed by atoms with van der Waals surface area (Å²) in [6.07, 6.45) is -4.24. The zero-order valence-corrected chi connectivity index (χ0v) is 17.5. The topological polar surface area (TPSA) is 93.4 Å². The lowest BCUT2D eigenvalue weighted by Gasteiger charge is -2.23. The Morgan fingerprint density at radius 1 is 1.00 bits per heavy atom. The first-order valence-electron chi connectivity index (χ1n) is 10.5. The van der Waals surface area contributed by atoms with E-state index in [1.165, 1.54) is 5.56 Å². The average Bonchev–Trinajstić information content (AvgIpc) is 2.78. The SMILES string of the molecule is CC(C)c1ccc(COCC(F)CCCCN2C[C@H](O)[C@@H](O)[C@H](O)[C@@H](O)C2)cc1. The molecule has 7 heteroatoms. The van der Waals surface area contributed by atoms with Gasteiger partial charge in [-0.2, -0.15) is 0 Å². The highest BCUT2D eigenvalue weighted by atomic mass is 19.1. The van der Waals surface area contributed by atoms with Crippen LogP contribution < -0.4 is 0 Å². The van der Waals surface area contributed by atoms with Crippen molar-refractivity contribution in [3.63, 3.8) is 0 Å². The standard InChI is InChI=1S/C22H36FNO5/c1-15(2)17-8-6-16(7-9-17)13-29-14-18(23)5-3-4-10-24-11-19(25)21(27)22(28)20(26)12-24/h6-9,15,18-22,25-28H,3-5,10-14H2,1-2H3/t18?,19-,20-,21+,22+/m0/s1. The zero-order valence-electron chi connectivity index (χ0n) is 17.5. The number of alkyl halides is 1. The highest BCUT2D eigenvalue weighted by Crippen LogP contribution is 2.16. The molecule has 0 radical (unpaired) electrons.